The molecule has 0 unspecified atom stereocenters. The highest BCUT2D eigenvalue weighted by Crippen LogP contribution is 2.39. The number of para-hydroxylation sites is 1. The zero-order chi connectivity index (χ0) is 20.0. The number of benzene rings is 2. The normalized spacial score (nSPS) is 10.8. The molecule has 2 N–H and O–H groups in total. The number of hydrogen-bond acceptors (Lipinski definition) is 6. The van der Waals surface area contributed by atoms with E-state index in [-0.39, 0.29) is 17.8 Å². The van der Waals surface area contributed by atoms with Crippen molar-refractivity contribution in [3.63, 3.8) is 0 Å². The first-order valence-corrected chi connectivity index (χ1v) is 9.82. The minimum atomic E-state index is -3.51. The predicted molar refractivity (Wildman–Crippen MR) is 102 cm³/mol. The predicted octanol–water partition coefficient (Wildman–Crippen LogP) is 2.01. The summed E-state index contributed by atoms with van der Waals surface area (Å²) in [6.07, 6.45) is 1.02. The van der Waals surface area contributed by atoms with Crippen molar-refractivity contribution in [2.45, 2.75) is 6.54 Å². The summed E-state index contributed by atoms with van der Waals surface area (Å²) in [5, 5.41) is 2.75. The van der Waals surface area contributed by atoms with E-state index in [0.29, 0.717) is 22.8 Å². The number of sulfonamides is 1. The lowest BCUT2D eigenvalue weighted by atomic mass is 10.1. The van der Waals surface area contributed by atoms with E-state index in [0.717, 1.165) is 6.26 Å². The first-order chi connectivity index (χ1) is 12.8. The fraction of sp³-hybridized carbons (Fsp3) is 0.278. The molecule has 0 heterocycles. The van der Waals surface area contributed by atoms with Crippen molar-refractivity contribution >= 4 is 21.6 Å². The van der Waals surface area contributed by atoms with E-state index in [1.165, 1.54) is 33.5 Å². The van der Waals surface area contributed by atoms with Gasteiger partial charge in [0.25, 0.3) is 5.91 Å². The number of amides is 1. The number of carbonyl (C=O) groups excluding carboxylic acids is 1. The van der Waals surface area contributed by atoms with Crippen molar-refractivity contribution in [3.05, 3.63) is 47.5 Å². The van der Waals surface area contributed by atoms with E-state index in [9.17, 15) is 13.2 Å². The van der Waals surface area contributed by atoms with Gasteiger partial charge in [0.1, 0.15) is 0 Å². The van der Waals surface area contributed by atoms with Crippen LogP contribution in [-0.4, -0.2) is 41.9 Å². The van der Waals surface area contributed by atoms with E-state index >= 15 is 0 Å². The molecule has 27 heavy (non-hydrogen) atoms. The molecule has 0 fully saturated rings. The van der Waals surface area contributed by atoms with Crippen LogP contribution in [-0.2, 0) is 16.6 Å². The first kappa shape index (κ1) is 20.4. The van der Waals surface area contributed by atoms with Gasteiger partial charge in [-0.3, -0.25) is 9.52 Å². The maximum Gasteiger partial charge on any atom is 0.253 e. The summed E-state index contributed by atoms with van der Waals surface area (Å²) in [5.41, 5.74) is 1.09. The first-order valence-electron chi connectivity index (χ1n) is 7.93. The highest BCUT2D eigenvalue weighted by molar-refractivity contribution is 7.92. The number of hydrogen-bond donors (Lipinski definition) is 2. The molecule has 0 saturated carbocycles. The van der Waals surface area contributed by atoms with Gasteiger partial charge in [-0.15, -0.1) is 0 Å². The topological polar surface area (TPSA) is 103 Å². The number of rotatable bonds is 8. The van der Waals surface area contributed by atoms with Crippen LogP contribution in [0.1, 0.15) is 15.9 Å². The average molecular weight is 394 g/mol. The fourth-order valence-electron chi connectivity index (χ4n) is 2.54. The van der Waals surface area contributed by atoms with Crippen LogP contribution in [0.5, 0.6) is 17.2 Å². The molecule has 0 spiro atoms. The lowest BCUT2D eigenvalue weighted by Crippen LogP contribution is -2.25. The maximum atomic E-state index is 12.6. The van der Waals surface area contributed by atoms with Crippen molar-refractivity contribution in [1.29, 1.82) is 0 Å². The van der Waals surface area contributed by atoms with Crippen molar-refractivity contribution < 1.29 is 27.4 Å². The lowest BCUT2D eigenvalue weighted by molar-refractivity contribution is 0.0951. The van der Waals surface area contributed by atoms with Gasteiger partial charge >= 0.3 is 0 Å². The van der Waals surface area contributed by atoms with Crippen LogP contribution < -0.4 is 24.2 Å². The number of carbonyl (C=O) groups is 1. The molecule has 9 heteroatoms. The maximum absolute atomic E-state index is 12.6. The molecular weight excluding hydrogens is 372 g/mol. The van der Waals surface area contributed by atoms with E-state index < -0.39 is 15.9 Å². The monoisotopic (exact) mass is 394 g/mol. The Labute approximate surface area is 158 Å². The minimum absolute atomic E-state index is 0.148. The van der Waals surface area contributed by atoms with Crippen molar-refractivity contribution in [1.82, 2.24) is 5.32 Å². The summed E-state index contributed by atoms with van der Waals surface area (Å²) >= 11 is 0. The van der Waals surface area contributed by atoms with Crippen LogP contribution in [0.25, 0.3) is 0 Å². The van der Waals surface area contributed by atoms with Crippen LogP contribution in [0, 0.1) is 0 Å². The lowest BCUT2D eigenvalue weighted by Gasteiger charge is -2.16. The number of ether oxygens (including phenoxy) is 3. The Balaban J connectivity index is 2.24. The van der Waals surface area contributed by atoms with Gasteiger partial charge in [-0.05, 0) is 24.3 Å². The summed E-state index contributed by atoms with van der Waals surface area (Å²) in [4.78, 5) is 12.6. The Morgan fingerprint density at radius 1 is 0.963 bits per heavy atom. The molecule has 0 aliphatic heterocycles. The average Bonchev–Trinajstić information content (AvgIpc) is 2.64. The van der Waals surface area contributed by atoms with Gasteiger partial charge < -0.3 is 19.5 Å². The smallest absolute Gasteiger partial charge is 0.253 e. The number of anilines is 1. The van der Waals surface area contributed by atoms with E-state index in [1.807, 2.05) is 0 Å². The Morgan fingerprint density at radius 2 is 1.63 bits per heavy atom. The van der Waals surface area contributed by atoms with Gasteiger partial charge in [-0.2, -0.15) is 0 Å². The van der Waals surface area contributed by atoms with Gasteiger partial charge in [0.2, 0.25) is 15.8 Å². The number of nitrogens with one attached hydrogen (secondary N) is 2. The Morgan fingerprint density at radius 3 is 2.22 bits per heavy atom. The molecule has 1 amide bonds. The van der Waals surface area contributed by atoms with Crippen LogP contribution in [0.2, 0.25) is 0 Å². The Hall–Kier alpha value is -2.94. The molecule has 0 atom stereocenters. The molecule has 0 aliphatic carbocycles. The highest BCUT2D eigenvalue weighted by Gasteiger charge is 2.18. The van der Waals surface area contributed by atoms with Crippen molar-refractivity contribution in [2.24, 2.45) is 0 Å². The highest BCUT2D eigenvalue weighted by atomic mass is 32.2. The van der Waals surface area contributed by atoms with Crippen LogP contribution in [0.3, 0.4) is 0 Å². The zero-order valence-electron chi connectivity index (χ0n) is 15.5. The second-order valence-electron chi connectivity index (χ2n) is 5.60. The van der Waals surface area contributed by atoms with E-state index in [4.69, 9.17) is 14.2 Å². The Bertz CT molecular complexity index is 927. The number of methoxy groups -OCH3 is 3. The molecule has 0 bridgehead atoms. The SMILES string of the molecule is COc1ccc(CNC(=O)c2ccccc2NS(C)(=O)=O)c(OC)c1OC. The summed E-state index contributed by atoms with van der Waals surface area (Å²) < 4.78 is 41.3. The fourth-order valence-corrected chi connectivity index (χ4v) is 3.12. The second-order valence-corrected chi connectivity index (χ2v) is 7.34. The standard InChI is InChI=1S/C18H22N2O6S/c1-24-15-10-9-12(16(25-2)17(15)26-3)11-19-18(21)13-7-5-6-8-14(13)20-27(4,22)23/h5-10,20H,11H2,1-4H3,(H,19,21). The van der Waals surface area contributed by atoms with E-state index in [2.05, 4.69) is 10.0 Å². The molecule has 2 aromatic carbocycles. The third-order valence-electron chi connectivity index (χ3n) is 3.69. The third kappa shape index (κ3) is 5.04. The summed E-state index contributed by atoms with van der Waals surface area (Å²) in [5.74, 6) is 0.941. The minimum Gasteiger partial charge on any atom is -0.493 e. The van der Waals surface area contributed by atoms with Crippen LogP contribution in [0.15, 0.2) is 36.4 Å². The van der Waals surface area contributed by atoms with Gasteiger partial charge in [0.15, 0.2) is 11.5 Å². The third-order valence-corrected chi connectivity index (χ3v) is 4.28. The molecule has 0 aliphatic rings. The molecule has 0 aromatic heterocycles. The summed E-state index contributed by atoms with van der Waals surface area (Å²) in [6, 6.07) is 9.81. The zero-order valence-corrected chi connectivity index (χ0v) is 16.3. The molecule has 0 saturated heterocycles. The van der Waals surface area contributed by atoms with Crippen LogP contribution >= 0.6 is 0 Å². The van der Waals surface area contributed by atoms with Gasteiger partial charge in [-0.1, -0.05) is 12.1 Å². The van der Waals surface area contributed by atoms with Gasteiger partial charge in [0, 0.05) is 12.1 Å². The Kier molecular flexibility index (Phi) is 6.51. The van der Waals surface area contributed by atoms with Gasteiger partial charge in [-0.25, -0.2) is 8.42 Å². The molecule has 2 rings (SSSR count). The molecular formula is C18H22N2O6S. The van der Waals surface area contributed by atoms with Crippen molar-refractivity contribution in [3.8, 4) is 17.2 Å². The van der Waals surface area contributed by atoms with Gasteiger partial charge in [0.05, 0.1) is 38.8 Å². The van der Waals surface area contributed by atoms with Crippen molar-refractivity contribution in [2.75, 3.05) is 32.3 Å². The molecule has 146 valence electrons. The molecule has 2 aromatic rings. The summed E-state index contributed by atoms with van der Waals surface area (Å²) in [6.45, 7) is 0.148. The largest absolute Gasteiger partial charge is 0.493 e. The van der Waals surface area contributed by atoms with Crippen LogP contribution in [0.4, 0.5) is 5.69 Å². The quantitative estimate of drug-likeness (QED) is 0.710. The second kappa shape index (κ2) is 8.63. The summed E-state index contributed by atoms with van der Waals surface area (Å²) in [7, 11) is 1.00. The molecule has 8 nitrogen and oxygen atoms in total. The molecule has 0 radical (unpaired) electrons. The van der Waals surface area contributed by atoms with E-state index in [1.54, 1.807) is 24.3 Å².